The van der Waals surface area contributed by atoms with Gasteiger partial charge in [-0.2, -0.15) is 0 Å². The lowest BCUT2D eigenvalue weighted by Crippen LogP contribution is -2.05. The zero-order valence-electron chi connectivity index (χ0n) is 10.4. The zero-order chi connectivity index (χ0) is 12.8. The fourth-order valence-corrected chi connectivity index (χ4v) is 4.08. The van der Waals surface area contributed by atoms with Gasteiger partial charge in [0, 0.05) is 14.7 Å². The van der Waals surface area contributed by atoms with E-state index >= 15 is 0 Å². The Morgan fingerprint density at radius 2 is 1.65 bits per heavy atom. The molecule has 0 spiro atoms. The topological polar surface area (TPSA) is 26.3 Å². The van der Waals surface area contributed by atoms with Crippen molar-refractivity contribution in [2.24, 2.45) is 0 Å². The van der Waals surface area contributed by atoms with Crippen LogP contribution in [0.5, 0.6) is 0 Å². The molecule has 0 amide bonds. The Kier molecular flexibility index (Phi) is 6.30. The minimum atomic E-state index is -0.245. The fourth-order valence-electron chi connectivity index (χ4n) is 1.41. The monoisotopic (exact) mass is 288 g/mol. The van der Waals surface area contributed by atoms with Crippen molar-refractivity contribution in [3.05, 3.63) is 17.7 Å². The fraction of sp³-hybridized carbons (Fsp3) is 0.417. The molecule has 5 heteroatoms. The molecule has 0 aliphatic rings. The molecular formula is C12H16O2S3. The van der Waals surface area contributed by atoms with Crippen molar-refractivity contribution in [1.29, 1.82) is 0 Å². The molecule has 1 aromatic carbocycles. The number of thioether (sulfide) groups is 3. The smallest absolute Gasteiger partial charge is 0.338 e. The molecule has 0 aliphatic carbocycles. The molecule has 0 aliphatic heterocycles. The average Bonchev–Trinajstić information content (AvgIpc) is 2.37. The predicted octanol–water partition coefficient (Wildman–Crippen LogP) is 4.03. The highest BCUT2D eigenvalue weighted by atomic mass is 32.2. The van der Waals surface area contributed by atoms with Gasteiger partial charge in [0.2, 0.25) is 0 Å². The molecule has 1 rings (SSSR count). The number of esters is 1. The number of carbonyl (C=O) groups excluding carboxylic acids is 1. The summed E-state index contributed by atoms with van der Waals surface area (Å²) in [6.45, 7) is 2.23. The molecule has 0 saturated heterocycles. The summed E-state index contributed by atoms with van der Waals surface area (Å²) in [7, 11) is 0. The molecule has 0 saturated carbocycles. The van der Waals surface area contributed by atoms with Gasteiger partial charge in [0.15, 0.2) is 0 Å². The molecule has 2 nitrogen and oxygen atoms in total. The van der Waals surface area contributed by atoms with E-state index in [4.69, 9.17) is 4.74 Å². The molecule has 0 heterocycles. The van der Waals surface area contributed by atoms with Crippen LogP contribution in [0.25, 0.3) is 0 Å². The van der Waals surface area contributed by atoms with E-state index < -0.39 is 0 Å². The Bertz CT molecular complexity index is 380. The van der Waals surface area contributed by atoms with E-state index in [9.17, 15) is 4.79 Å². The van der Waals surface area contributed by atoms with Gasteiger partial charge in [0.1, 0.15) is 0 Å². The number of rotatable bonds is 5. The third kappa shape index (κ3) is 3.60. The van der Waals surface area contributed by atoms with Crippen molar-refractivity contribution >= 4 is 41.3 Å². The third-order valence-corrected chi connectivity index (χ3v) is 4.81. The largest absolute Gasteiger partial charge is 0.462 e. The lowest BCUT2D eigenvalue weighted by atomic mass is 10.2. The van der Waals surface area contributed by atoms with Crippen molar-refractivity contribution in [3.8, 4) is 0 Å². The van der Waals surface area contributed by atoms with Crippen LogP contribution in [0.2, 0.25) is 0 Å². The van der Waals surface area contributed by atoms with Crippen LogP contribution in [0.1, 0.15) is 17.3 Å². The number of hydrogen-bond acceptors (Lipinski definition) is 5. The quantitative estimate of drug-likeness (QED) is 0.602. The minimum Gasteiger partial charge on any atom is -0.462 e. The van der Waals surface area contributed by atoms with E-state index in [1.165, 1.54) is 4.90 Å². The minimum absolute atomic E-state index is 0.245. The highest BCUT2D eigenvalue weighted by Gasteiger charge is 2.14. The Morgan fingerprint density at radius 1 is 1.12 bits per heavy atom. The molecule has 0 bridgehead atoms. The van der Waals surface area contributed by atoms with Gasteiger partial charge in [0.05, 0.1) is 12.2 Å². The first kappa shape index (κ1) is 14.8. The molecule has 0 atom stereocenters. The third-order valence-electron chi connectivity index (χ3n) is 2.18. The first-order valence-corrected chi connectivity index (χ1v) is 8.82. The second-order valence-electron chi connectivity index (χ2n) is 3.13. The lowest BCUT2D eigenvalue weighted by Gasteiger charge is -2.12. The van der Waals surface area contributed by atoms with Crippen LogP contribution in [0.15, 0.2) is 26.8 Å². The van der Waals surface area contributed by atoms with Crippen molar-refractivity contribution in [2.75, 3.05) is 25.4 Å². The number of ether oxygens (including phenoxy) is 1. The zero-order valence-corrected chi connectivity index (χ0v) is 12.9. The highest BCUT2D eigenvalue weighted by Crippen LogP contribution is 2.37. The summed E-state index contributed by atoms with van der Waals surface area (Å²) in [5.74, 6) is -0.245. The molecule has 0 aromatic heterocycles. The molecular weight excluding hydrogens is 272 g/mol. The van der Waals surface area contributed by atoms with E-state index in [1.54, 1.807) is 35.3 Å². The van der Waals surface area contributed by atoms with Gasteiger partial charge in [0.25, 0.3) is 0 Å². The van der Waals surface area contributed by atoms with Gasteiger partial charge >= 0.3 is 5.97 Å². The number of carbonyl (C=O) groups is 1. The summed E-state index contributed by atoms with van der Waals surface area (Å²) >= 11 is 5.03. The molecule has 0 N–H and O–H groups in total. The van der Waals surface area contributed by atoms with Gasteiger partial charge in [-0.3, -0.25) is 0 Å². The average molecular weight is 288 g/mol. The number of benzene rings is 1. The summed E-state index contributed by atoms with van der Waals surface area (Å²) in [4.78, 5) is 15.2. The van der Waals surface area contributed by atoms with Crippen molar-refractivity contribution in [1.82, 2.24) is 0 Å². The first-order valence-electron chi connectivity index (χ1n) is 5.15. The molecule has 0 fully saturated rings. The van der Waals surface area contributed by atoms with Gasteiger partial charge in [-0.25, -0.2) is 4.79 Å². The van der Waals surface area contributed by atoms with Gasteiger partial charge < -0.3 is 4.74 Å². The SMILES string of the molecule is CCOC(=O)c1cc(SC)c(SC)c(SC)c1. The molecule has 1 aromatic rings. The molecule has 17 heavy (non-hydrogen) atoms. The normalized spacial score (nSPS) is 10.4. The summed E-state index contributed by atoms with van der Waals surface area (Å²) in [5.41, 5.74) is 0.637. The van der Waals surface area contributed by atoms with Crippen molar-refractivity contribution in [2.45, 2.75) is 21.6 Å². The van der Waals surface area contributed by atoms with Crippen LogP contribution in [-0.2, 0) is 4.74 Å². The van der Waals surface area contributed by atoms with Crippen LogP contribution < -0.4 is 0 Å². The second-order valence-corrected chi connectivity index (χ2v) is 5.65. The molecule has 0 unspecified atom stereocenters. The standard InChI is InChI=1S/C12H16O2S3/c1-5-14-12(13)8-6-9(15-2)11(17-4)10(7-8)16-3/h6-7H,5H2,1-4H3. The maximum Gasteiger partial charge on any atom is 0.338 e. The van der Waals surface area contributed by atoms with E-state index in [-0.39, 0.29) is 5.97 Å². The first-order chi connectivity index (χ1) is 8.17. The lowest BCUT2D eigenvalue weighted by molar-refractivity contribution is 0.0525. The van der Waals surface area contributed by atoms with Gasteiger partial charge in [-0.1, -0.05) is 0 Å². The van der Waals surface area contributed by atoms with Crippen LogP contribution >= 0.6 is 35.3 Å². The number of hydrogen-bond donors (Lipinski definition) is 0. The van der Waals surface area contributed by atoms with Crippen LogP contribution in [-0.4, -0.2) is 31.3 Å². The maximum absolute atomic E-state index is 11.7. The molecule has 0 radical (unpaired) electrons. The Hall–Kier alpha value is -0.260. The van der Waals surface area contributed by atoms with Gasteiger partial charge in [-0.15, -0.1) is 35.3 Å². The maximum atomic E-state index is 11.7. The van der Waals surface area contributed by atoms with E-state index in [0.29, 0.717) is 12.2 Å². The Morgan fingerprint density at radius 3 is 2.00 bits per heavy atom. The van der Waals surface area contributed by atoms with Crippen molar-refractivity contribution < 1.29 is 9.53 Å². The van der Waals surface area contributed by atoms with Crippen LogP contribution in [0.4, 0.5) is 0 Å². The van der Waals surface area contributed by atoms with Crippen molar-refractivity contribution in [3.63, 3.8) is 0 Å². The summed E-state index contributed by atoms with van der Waals surface area (Å²) in [6, 6.07) is 3.82. The van der Waals surface area contributed by atoms with Crippen LogP contribution in [0, 0.1) is 0 Å². The highest BCUT2D eigenvalue weighted by molar-refractivity contribution is 8.03. The summed E-state index contributed by atoms with van der Waals surface area (Å²) in [5, 5.41) is 0. The predicted molar refractivity (Wildman–Crippen MR) is 77.7 cm³/mol. The van der Waals surface area contributed by atoms with E-state index in [1.807, 2.05) is 31.6 Å². The Balaban J connectivity index is 3.22. The summed E-state index contributed by atoms with van der Waals surface area (Å²) in [6.07, 6.45) is 6.10. The van der Waals surface area contributed by atoms with Crippen LogP contribution in [0.3, 0.4) is 0 Å². The molecule has 94 valence electrons. The summed E-state index contributed by atoms with van der Waals surface area (Å²) < 4.78 is 5.04. The second kappa shape index (κ2) is 7.24. The van der Waals surface area contributed by atoms with Gasteiger partial charge in [-0.05, 0) is 37.8 Å². The Labute approximate surface area is 115 Å². The van der Waals surface area contributed by atoms with E-state index in [2.05, 4.69) is 6.26 Å². The van der Waals surface area contributed by atoms with E-state index in [0.717, 1.165) is 9.79 Å².